The van der Waals surface area contributed by atoms with Gasteiger partial charge >= 0.3 is 0 Å². The highest BCUT2D eigenvalue weighted by atomic mass is 35.5. The maximum Gasteiger partial charge on any atom is 0.222 e. The lowest BCUT2D eigenvalue weighted by molar-refractivity contribution is -0.132. The Morgan fingerprint density at radius 1 is 0.870 bits per heavy atom. The Morgan fingerprint density at radius 3 is 2.26 bits per heavy atom. The third kappa shape index (κ3) is 5.48. The average molecular weight is 366 g/mol. The molecule has 3 aliphatic rings. The monoisotopic (exact) mass is 365 g/mol. The van der Waals surface area contributed by atoms with Crippen LogP contribution in [0.4, 0.5) is 0 Å². The van der Waals surface area contributed by atoms with E-state index in [0.717, 1.165) is 44.9 Å². The van der Waals surface area contributed by atoms with Crippen LogP contribution in [0.2, 0.25) is 0 Å². The minimum atomic E-state index is 0. The predicted molar refractivity (Wildman–Crippen MR) is 99.5 cm³/mol. The standard InChI is InChI=1S/C17H31N3O.2ClH/c18-16-8-3-5-14(16)13-17(21)20-10-4-9-19(11-12-20)15-6-1-2-7-15;;/h14-16H,1-13,18H2;2*1H/t14-,16+;;/m0../s1. The lowest BCUT2D eigenvalue weighted by Gasteiger charge is -2.27. The molecule has 2 saturated carbocycles. The number of nitrogens with zero attached hydrogens (tertiary/aromatic N) is 2. The first-order valence-corrected chi connectivity index (χ1v) is 9.01. The molecule has 4 nitrogen and oxygen atoms in total. The number of hydrogen-bond acceptors (Lipinski definition) is 3. The van der Waals surface area contributed by atoms with Crippen LogP contribution >= 0.6 is 24.8 Å². The first kappa shape index (κ1) is 21.0. The normalized spacial score (nSPS) is 29.7. The summed E-state index contributed by atoms with van der Waals surface area (Å²) in [6, 6.07) is 1.05. The van der Waals surface area contributed by atoms with Gasteiger partial charge in [0.25, 0.3) is 0 Å². The highest BCUT2D eigenvalue weighted by molar-refractivity contribution is 5.85. The molecule has 2 atom stereocenters. The molecule has 0 aromatic rings. The van der Waals surface area contributed by atoms with Crippen LogP contribution < -0.4 is 5.73 Å². The topological polar surface area (TPSA) is 49.6 Å². The molecule has 23 heavy (non-hydrogen) atoms. The quantitative estimate of drug-likeness (QED) is 0.836. The second-order valence-electron chi connectivity index (χ2n) is 7.27. The predicted octanol–water partition coefficient (Wildman–Crippen LogP) is 2.82. The Balaban J connectivity index is 0.00000132. The van der Waals surface area contributed by atoms with Crippen molar-refractivity contribution in [1.29, 1.82) is 0 Å². The maximum absolute atomic E-state index is 12.5. The van der Waals surface area contributed by atoms with Crippen LogP contribution in [0.5, 0.6) is 0 Å². The molecule has 0 aromatic carbocycles. The smallest absolute Gasteiger partial charge is 0.222 e. The molecule has 0 radical (unpaired) electrons. The fourth-order valence-corrected chi connectivity index (χ4v) is 4.49. The zero-order valence-corrected chi connectivity index (χ0v) is 15.8. The highest BCUT2D eigenvalue weighted by Crippen LogP contribution is 2.28. The third-order valence-corrected chi connectivity index (χ3v) is 5.88. The molecule has 3 fully saturated rings. The molecule has 2 N–H and O–H groups in total. The van der Waals surface area contributed by atoms with Crippen LogP contribution in [-0.4, -0.2) is 54.0 Å². The number of nitrogens with two attached hydrogens (primary N) is 1. The molecule has 0 unspecified atom stereocenters. The summed E-state index contributed by atoms with van der Waals surface area (Å²) in [4.78, 5) is 17.3. The lowest BCUT2D eigenvalue weighted by atomic mass is 9.99. The summed E-state index contributed by atoms with van der Waals surface area (Å²) in [6.07, 6.45) is 10.8. The van der Waals surface area contributed by atoms with E-state index in [4.69, 9.17) is 5.73 Å². The van der Waals surface area contributed by atoms with Crippen molar-refractivity contribution < 1.29 is 4.79 Å². The Labute approximate surface area is 153 Å². The first-order chi connectivity index (χ1) is 10.2. The second-order valence-corrected chi connectivity index (χ2v) is 7.27. The van der Waals surface area contributed by atoms with E-state index in [9.17, 15) is 4.79 Å². The molecule has 0 aromatic heterocycles. The van der Waals surface area contributed by atoms with E-state index in [1.54, 1.807) is 0 Å². The van der Waals surface area contributed by atoms with Gasteiger partial charge < -0.3 is 10.6 Å². The summed E-state index contributed by atoms with van der Waals surface area (Å²) in [5.74, 6) is 0.789. The van der Waals surface area contributed by atoms with Crippen LogP contribution in [0.25, 0.3) is 0 Å². The van der Waals surface area contributed by atoms with Gasteiger partial charge in [-0.3, -0.25) is 9.69 Å². The number of carbonyl (C=O) groups is 1. The molecule has 1 aliphatic heterocycles. The third-order valence-electron chi connectivity index (χ3n) is 5.88. The van der Waals surface area contributed by atoms with Gasteiger partial charge in [0.2, 0.25) is 5.91 Å². The number of amides is 1. The van der Waals surface area contributed by atoms with Crippen molar-refractivity contribution in [3.63, 3.8) is 0 Å². The Bertz CT molecular complexity index is 364. The van der Waals surface area contributed by atoms with Crippen molar-refractivity contribution in [2.24, 2.45) is 11.7 Å². The van der Waals surface area contributed by atoms with Crippen molar-refractivity contribution in [3.8, 4) is 0 Å². The molecule has 136 valence electrons. The summed E-state index contributed by atoms with van der Waals surface area (Å²) in [5.41, 5.74) is 6.11. The van der Waals surface area contributed by atoms with Crippen LogP contribution in [-0.2, 0) is 4.79 Å². The minimum Gasteiger partial charge on any atom is -0.341 e. The summed E-state index contributed by atoms with van der Waals surface area (Å²) in [7, 11) is 0. The van der Waals surface area contributed by atoms with Gasteiger partial charge in [0, 0.05) is 44.7 Å². The number of rotatable bonds is 3. The SMILES string of the molecule is Cl.Cl.N[C@@H]1CCC[C@H]1CC(=O)N1CCCN(C2CCCC2)CC1. The molecule has 1 amide bonds. The number of hydrogen-bond donors (Lipinski definition) is 1. The van der Waals surface area contributed by atoms with E-state index in [-0.39, 0.29) is 30.9 Å². The van der Waals surface area contributed by atoms with Crippen molar-refractivity contribution >= 4 is 30.7 Å². The highest BCUT2D eigenvalue weighted by Gasteiger charge is 2.30. The van der Waals surface area contributed by atoms with Gasteiger partial charge in [0.1, 0.15) is 0 Å². The fourth-order valence-electron chi connectivity index (χ4n) is 4.49. The van der Waals surface area contributed by atoms with Crippen LogP contribution in [0.3, 0.4) is 0 Å². The molecule has 1 saturated heterocycles. The average Bonchev–Trinajstić information content (AvgIpc) is 3.07. The Kier molecular flexibility index (Phi) is 9.20. The van der Waals surface area contributed by atoms with Crippen molar-refractivity contribution in [3.05, 3.63) is 0 Å². The Hall–Kier alpha value is -0.0300. The van der Waals surface area contributed by atoms with Gasteiger partial charge in [-0.25, -0.2) is 0 Å². The summed E-state index contributed by atoms with van der Waals surface area (Å²) in [6.45, 7) is 4.13. The minimum absolute atomic E-state index is 0. The van der Waals surface area contributed by atoms with E-state index >= 15 is 0 Å². The van der Waals surface area contributed by atoms with Crippen molar-refractivity contribution in [2.45, 2.75) is 69.9 Å². The van der Waals surface area contributed by atoms with E-state index in [1.165, 1.54) is 38.6 Å². The molecular formula is C17H33Cl2N3O. The zero-order chi connectivity index (χ0) is 14.7. The maximum atomic E-state index is 12.5. The molecule has 0 bridgehead atoms. The van der Waals surface area contributed by atoms with Gasteiger partial charge in [-0.15, -0.1) is 24.8 Å². The van der Waals surface area contributed by atoms with Gasteiger partial charge in [0.15, 0.2) is 0 Å². The van der Waals surface area contributed by atoms with Crippen LogP contribution in [0.15, 0.2) is 0 Å². The van der Waals surface area contributed by atoms with E-state index in [2.05, 4.69) is 9.80 Å². The molecule has 1 heterocycles. The van der Waals surface area contributed by atoms with E-state index < -0.39 is 0 Å². The van der Waals surface area contributed by atoms with Gasteiger partial charge in [-0.05, 0) is 38.0 Å². The fraction of sp³-hybridized carbons (Fsp3) is 0.941. The van der Waals surface area contributed by atoms with Crippen LogP contribution in [0, 0.1) is 5.92 Å². The van der Waals surface area contributed by atoms with Gasteiger partial charge in [0.05, 0.1) is 0 Å². The Morgan fingerprint density at radius 2 is 1.61 bits per heavy atom. The largest absolute Gasteiger partial charge is 0.341 e. The van der Waals surface area contributed by atoms with Crippen molar-refractivity contribution in [1.82, 2.24) is 9.80 Å². The number of halogens is 2. The first-order valence-electron chi connectivity index (χ1n) is 9.01. The molecule has 0 spiro atoms. The van der Waals surface area contributed by atoms with Gasteiger partial charge in [-0.1, -0.05) is 19.3 Å². The summed E-state index contributed by atoms with van der Waals surface area (Å²) >= 11 is 0. The molecular weight excluding hydrogens is 333 g/mol. The summed E-state index contributed by atoms with van der Waals surface area (Å²) in [5, 5.41) is 0. The molecule has 3 rings (SSSR count). The second kappa shape index (κ2) is 10.1. The zero-order valence-electron chi connectivity index (χ0n) is 14.1. The molecule has 6 heteroatoms. The van der Waals surface area contributed by atoms with Gasteiger partial charge in [-0.2, -0.15) is 0 Å². The van der Waals surface area contributed by atoms with Crippen LogP contribution in [0.1, 0.15) is 57.8 Å². The van der Waals surface area contributed by atoms with E-state index in [0.29, 0.717) is 18.2 Å². The van der Waals surface area contributed by atoms with E-state index in [1.807, 2.05) is 0 Å². The van der Waals surface area contributed by atoms with Crippen molar-refractivity contribution in [2.75, 3.05) is 26.2 Å². The summed E-state index contributed by atoms with van der Waals surface area (Å²) < 4.78 is 0. The lowest BCUT2D eigenvalue weighted by Crippen LogP contribution is -2.39. The molecule has 2 aliphatic carbocycles. The number of carbonyl (C=O) groups excluding carboxylic acids is 1.